The fraction of sp³-hybridized carbons (Fsp3) is 0.643. The maximum atomic E-state index is 12.7. The summed E-state index contributed by atoms with van der Waals surface area (Å²) in [6, 6.07) is 1.85. The maximum absolute atomic E-state index is 12.7. The lowest BCUT2D eigenvalue weighted by molar-refractivity contribution is -0.137. The monoisotopic (exact) mass is 302 g/mol. The van der Waals surface area contributed by atoms with Gasteiger partial charge in [0.25, 0.3) is 0 Å². The van der Waals surface area contributed by atoms with Crippen LogP contribution in [0.5, 0.6) is 0 Å². The van der Waals surface area contributed by atoms with Gasteiger partial charge in [0.05, 0.1) is 5.56 Å². The Labute approximate surface area is 122 Å². The van der Waals surface area contributed by atoms with Crippen molar-refractivity contribution in [3.05, 3.63) is 17.7 Å². The Morgan fingerprint density at radius 3 is 2.62 bits per heavy atom. The fourth-order valence-electron chi connectivity index (χ4n) is 2.56. The van der Waals surface area contributed by atoms with E-state index >= 15 is 0 Å². The highest BCUT2D eigenvalue weighted by Gasteiger charge is 2.31. The molecule has 2 rings (SSSR count). The highest BCUT2D eigenvalue weighted by Crippen LogP contribution is 2.31. The predicted molar refractivity (Wildman–Crippen MR) is 77.0 cm³/mol. The van der Waals surface area contributed by atoms with E-state index in [4.69, 9.17) is 5.73 Å². The van der Waals surface area contributed by atoms with Crippen molar-refractivity contribution in [1.82, 2.24) is 9.88 Å². The van der Waals surface area contributed by atoms with Crippen LogP contribution in [0.25, 0.3) is 0 Å². The number of hydrogen-bond donors (Lipinski definition) is 2. The molecule has 2 heterocycles. The van der Waals surface area contributed by atoms with Crippen molar-refractivity contribution in [1.29, 1.82) is 0 Å². The van der Waals surface area contributed by atoms with Gasteiger partial charge in [0.15, 0.2) is 0 Å². The fourth-order valence-corrected chi connectivity index (χ4v) is 2.56. The first-order valence-corrected chi connectivity index (χ1v) is 7.15. The number of rotatable bonds is 5. The summed E-state index contributed by atoms with van der Waals surface area (Å²) in [5.41, 5.74) is 4.66. The average molecular weight is 302 g/mol. The molecule has 4 nitrogen and oxygen atoms in total. The number of aromatic nitrogens is 1. The van der Waals surface area contributed by atoms with Crippen LogP contribution in [0.2, 0.25) is 0 Å². The summed E-state index contributed by atoms with van der Waals surface area (Å²) in [5, 5.41) is 2.95. The molecule has 0 aromatic carbocycles. The Bertz CT molecular complexity index is 470. The van der Waals surface area contributed by atoms with E-state index in [0.717, 1.165) is 31.8 Å². The van der Waals surface area contributed by atoms with Crippen molar-refractivity contribution < 1.29 is 13.2 Å². The molecule has 21 heavy (non-hydrogen) atoms. The minimum absolute atomic E-state index is 0.125. The standard InChI is InChI=1S/C14H21F3N4/c1-10(9-21-4-2-3-5-21)8-19-13-7-11(14(15,16)17)6-12(18)20-13/h6-7,10H,2-5,8-9H2,1H3,(H3,18,19,20). The summed E-state index contributed by atoms with van der Waals surface area (Å²) >= 11 is 0. The van der Waals surface area contributed by atoms with E-state index in [-0.39, 0.29) is 11.6 Å². The van der Waals surface area contributed by atoms with Crippen LogP contribution in [0.3, 0.4) is 0 Å². The van der Waals surface area contributed by atoms with Crippen LogP contribution < -0.4 is 11.1 Å². The molecule has 0 amide bonds. The highest BCUT2D eigenvalue weighted by molar-refractivity contribution is 5.47. The predicted octanol–water partition coefficient (Wildman–Crippen LogP) is 2.83. The lowest BCUT2D eigenvalue weighted by Crippen LogP contribution is -2.29. The van der Waals surface area contributed by atoms with Crippen molar-refractivity contribution in [2.45, 2.75) is 25.9 Å². The number of anilines is 2. The van der Waals surface area contributed by atoms with E-state index in [1.165, 1.54) is 12.8 Å². The SMILES string of the molecule is CC(CNc1cc(C(F)(F)F)cc(N)n1)CN1CCCC1. The zero-order valence-electron chi connectivity index (χ0n) is 12.1. The van der Waals surface area contributed by atoms with E-state index in [1.807, 2.05) is 0 Å². The number of nitrogen functional groups attached to an aromatic ring is 1. The largest absolute Gasteiger partial charge is 0.416 e. The number of hydrogen-bond acceptors (Lipinski definition) is 4. The molecule has 1 fully saturated rings. The number of likely N-dealkylation sites (tertiary alicyclic amines) is 1. The first kappa shape index (κ1) is 15.9. The van der Waals surface area contributed by atoms with Crippen molar-refractivity contribution in [3.8, 4) is 0 Å². The topological polar surface area (TPSA) is 54.2 Å². The molecular weight excluding hydrogens is 281 g/mol. The van der Waals surface area contributed by atoms with Crippen molar-refractivity contribution >= 4 is 11.6 Å². The van der Waals surface area contributed by atoms with Crippen LogP contribution in [0, 0.1) is 5.92 Å². The molecule has 0 radical (unpaired) electrons. The van der Waals surface area contributed by atoms with Gasteiger partial charge in [-0.25, -0.2) is 4.98 Å². The molecule has 0 spiro atoms. The molecule has 0 saturated carbocycles. The van der Waals surface area contributed by atoms with Crippen molar-refractivity contribution in [2.75, 3.05) is 37.2 Å². The normalized spacial score (nSPS) is 17.9. The maximum Gasteiger partial charge on any atom is 0.416 e. The second kappa shape index (κ2) is 6.51. The molecular formula is C14H21F3N4. The molecule has 118 valence electrons. The molecule has 1 aliphatic rings. The number of pyridine rings is 1. The van der Waals surface area contributed by atoms with Crippen LogP contribution in [0.15, 0.2) is 12.1 Å². The first-order chi connectivity index (χ1) is 9.84. The van der Waals surface area contributed by atoms with Gasteiger partial charge in [-0.2, -0.15) is 13.2 Å². The Morgan fingerprint density at radius 1 is 1.33 bits per heavy atom. The summed E-state index contributed by atoms with van der Waals surface area (Å²) in [5.74, 6) is 0.385. The molecule has 1 atom stereocenters. The Balaban J connectivity index is 1.91. The lowest BCUT2D eigenvalue weighted by Gasteiger charge is -2.21. The molecule has 1 aromatic rings. The van der Waals surface area contributed by atoms with Gasteiger partial charge in [-0.05, 0) is 44.0 Å². The Hall–Kier alpha value is -1.50. The molecule has 3 N–H and O–H groups in total. The van der Waals surface area contributed by atoms with Crippen LogP contribution in [0.4, 0.5) is 24.8 Å². The van der Waals surface area contributed by atoms with Gasteiger partial charge in [0.1, 0.15) is 11.6 Å². The van der Waals surface area contributed by atoms with Gasteiger partial charge in [0, 0.05) is 13.1 Å². The summed E-state index contributed by atoms with van der Waals surface area (Å²) in [6.45, 7) is 5.81. The summed E-state index contributed by atoms with van der Waals surface area (Å²) in [4.78, 5) is 6.28. The Kier molecular flexibility index (Phi) is 4.92. The van der Waals surface area contributed by atoms with E-state index in [0.29, 0.717) is 12.5 Å². The number of nitrogens with two attached hydrogens (primary N) is 1. The molecule has 0 aliphatic carbocycles. The molecule has 0 bridgehead atoms. The number of halogens is 3. The number of nitrogens with one attached hydrogen (secondary N) is 1. The number of nitrogens with zero attached hydrogens (tertiary/aromatic N) is 2. The van der Waals surface area contributed by atoms with Crippen molar-refractivity contribution in [3.63, 3.8) is 0 Å². The van der Waals surface area contributed by atoms with E-state index in [9.17, 15) is 13.2 Å². The molecule has 1 aliphatic heterocycles. The van der Waals surface area contributed by atoms with Gasteiger partial charge in [-0.15, -0.1) is 0 Å². The minimum atomic E-state index is -4.41. The Morgan fingerprint density at radius 2 is 2.00 bits per heavy atom. The van der Waals surface area contributed by atoms with E-state index < -0.39 is 11.7 Å². The quantitative estimate of drug-likeness (QED) is 0.878. The zero-order chi connectivity index (χ0) is 15.5. The molecule has 1 saturated heterocycles. The second-order valence-electron chi connectivity index (χ2n) is 5.66. The van der Waals surface area contributed by atoms with E-state index in [2.05, 4.69) is 22.1 Å². The summed E-state index contributed by atoms with van der Waals surface area (Å²) in [7, 11) is 0. The third-order valence-corrected chi connectivity index (χ3v) is 3.57. The third kappa shape index (κ3) is 4.77. The molecule has 1 unspecified atom stereocenters. The van der Waals surface area contributed by atoms with Gasteiger partial charge in [0.2, 0.25) is 0 Å². The van der Waals surface area contributed by atoms with Crippen LogP contribution >= 0.6 is 0 Å². The van der Waals surface area contributed by atoms with Crippen LogP contribution in [-0.4, -0.2) is 36.1 Å². The third-order valence-electron chi connectivity index (χ3n) is 3.57. The molecule has 1 aromatic heterocycles. The lowest BCUT2D eigenvalue weighted by atomic mass is 10.1. The van der Waals surface area contributed by atoms with Crippen LogP contribution in [-0.2, 0) is 6.18 Å². The summed E-state index contributed by atoms with van der Waals surface area (Å²) < 4.78 is 38.1. The smallest absolute Gasteiger partial charge is 0.384 e. The van der Waals surface area contributed by atoms with Gasteiger partial charge in [-0.1, -0.05) is 6.92 Å². The molecule has 7 heteroatoms. The van der Waals surface area contributed by atoms with Gasteiger partial charge in [-0.3, -0.25) is 0 Å². The van der Waals surface area contributed by atoms with E-state index in [1.54, 1.807) is 0 Å². The second-order valence-corrected chi connectivity index (χ2v) is 5.66. The van der Waals surface area contributed by atoms with Gasteiger partial charge < -0.3 is 16.0 Å². The zero-order valence-corrected chi connectivity index (χ0v) is 12.1. The van der Waals surface area contributed by atoms with Crippen LogP contribution in [0.1, 0.15) is 25.3 Å². The van der Waals surface area contributed by atoms with Gasteiger partial charge >= 0.3 is 6.18 Å². The highest BCUT2D eigenvalue weighted by atomic mass is 19.4. The van der Waals surface area contributed by atoms with Crippen molar-refractivity contribution in [2.24, 2.45) is 5.92 Å². The summed E-state index contributed by atoms with van der Waals surface area (Å²) in [6.07, 6.45) is -1.95. The number of alkyl halides is 3. The average Bonchev–Trinajstić information content (AvgIpc) is 2.87. The minimum Gasteiger partial charge on any atom is -0.384 e. The first-order valence-electron chi connectivity index (χ1n) is 7.15.